The van der Waals surface area contributed by atoms with Gasteiger partial charge in [-0.05, 0) is 63.6 Å². The zero-order valence-electron chi connectivity index (χ0n) is 13.5. The first-order valence-electron chi connectivity index (χ1n) is 7.60. The fourth-order valence-electron chi connectivity index (χ4n) is 2.29. The molecule has 0 spiro atoms. The summed E-state index contributed by atoms with van der Waals surface area (Å²) in [7, 11) is 0. The van der Waals surface area contributed by atoms with Crippen molar-refractivity contribution in [2.75, 3.05) is 11.9 Å². The molecule has 1 aliphatic heterocycles. The molecule has 0 unspecified atom stereocenters. The summed E-state index contributed by atoms with van der Waals surface area (Å²) in [5.41, 5.74) is 1.09. The molecule has 0 saturated carbocycles. The van der Waals surface area contributed by atoms with E-state index in [4.69, 9.17) is 23.2 Å². The molecule has 1 fully saturated rings. The molecule has 0 radical (unpaired) electrons. The van der Waals surface area contributed by atoms with Gasteiger partial charge in [0.25, 0.3) is 11.1 Å². The van der Waals surface area contributed by atoms with Gasteiger partial charge >= 0.3 is 0 Å². The van der Waals surface area contributed by atoms with Crippen LogP contribution >= 0.6 is 50.9 Å². The zero-order valence-corrected chi connectivity index (χ0v) is 17.5. The Kier molecular flexibility index (Phi) is 6.26. The van der Waals surface area contributed by atoms with Crippen LogP contribution in [0.15, 0.2) is 51.8 Å². The average Bonchev–Trinajstić information content (AvgIpc) is 2.88. The molecule has 1 saturated heterocycles. The molecule has 0 aliphatic carbocycles. The van der Waals surface area contributed by atoms with Crippen LogP contribution in [-0.4, -0.2) is 28.5 Å². The van der Waals surface area contributed by atoms with E-state index in [1.807, 2.05) is 0 Å². The average molecular weight is 486 g/mol. The molecule has 0 aromatic heterocycles. The number of anilines is 1. The van der Waals surface area contributed by atoms with Crippen LogP contribution in [0.2, 0.25) is 10.0 Å². The van der Waals surface area contributed by atoms with E-state index in [0.717, 1.165) is 16.7 Å². The molecule has 1 aliphatic rings. The number of rotatable bonds is 4. The van der Waals surface area contributed by atoms with Crippen molar-refractivity contribution < 1.29 is 14.4 Å². The quantitative estimate of drug-likeness (QED) is 0.586. The minimum atomic E-state index is -0.533. The van der Waals surface area contributed by atoms with E-state index in [1.54, 1.807) is 48.5 Å². The lowest BCUT2D eigenvalue weighted by molar-refractivity contribution is -0.127. The van der Waals surface area contributed by atoms with Crippen molar-refractivity contribution in [3.8, 4) is 0 Å². The van der Waals surface area contributed by atoms with Crippen LogP contribution in [0, 0.1) is 0 Å². The van der Waals surface area contributed by atoms with Crippen LogP contribution in [0.1, 0.15) is 5.56 Å². The smallest absolute Gasteiger partial charge is 0.294 e. The molecule has 0 atom stereocenters. The highest BCUT2D eigenvalue weighted by Crippen LogP contribution is 2.33. The Labute approximate surface area is 177 Å². The van der Waals surface area contributed by atoms with E-state index < -0.39 is 23.6 Å². The summed E-state index contributed by atoms with van der Waals surface area (Å²) in [5.74, 6) is -1.04. The van der Waals surface area contributed by atoms with Crippen molar-refractivity contribution in [2.24, 2.45) is 0 Å². The van der Waals surface area contributed by atoms with E-state index >= 15 is 0 Å². The number of nitrogens with one attached hydrogen (secondary N) is 1. The Balaban J connectivity index is 1.71. The summed E-state index contributed by atoms with van der Waals surface area (Å²) in [5, 5.41) is 3.00. The van der Waals surface area contributed by atoms with E-state index in [-0.39, 0.29) is 4.91 Å². The van der Waals surface area contributed by atoms with Crippen molar-refractivity contribution in [3.05, 3.63) is 67.5 Å². The normalized spacial score (nSPS) is 15.5. The van der Waals surface area contributed by atoms with Crippen LogP contribution in [0.3, 0.4) is 0 Å². The minimum absolute atomic E-state index is 0.215. The lowest BCUT2D eigenvalue weighted by Gasteiger charge is -2.12. The number of carbonyl (C=O) groups is 3. The van der Waals surface area contributed by atoms with Gasteiger partial charge in [-0.15, -0.1) is 0 Å². The number of thioether (sulfide) groups is 1. The highest BCUT2D eigenvalue weighted by atomic mass is 79.9. The maximum Gasteiger partial charge on any atom is 0.294 e. The van der Waals surface area contributed by atoms with Crippen molar-refractivity contribution >= 4 is 79.7 Å². The van der Waals surface area contributed by atoms with Gasteiger partial charge in [0, 0.05) is 15.2 Å². The third-order valence-electron chi connectivity index (χ3n) is 3.57. The number of hydrogen-bond acceptors (Lipinski definition) is 4. The summed E-state index contributed by atoms with van der Waals surface area (Å²) in [6.07, 6.45) is 1.54. The van der Waals surface area contributed by atoms with Gasteiger partial charge in [-0.3, -0.25) is 19.3 Å². The highest BCUT2D eigenvalue weighted by molar-refractivity contribution is 9.10. The first-order chi connectivity index (χ1) is 12.8. The van der Waals surface area contributed by atoms with E-state index in [0.29, 0.717) is 25.8 Å². The molecule has 3 amide bonds. The third-order valence-corrected chi connectivity index (χ3v) is 6.05. The number of imide groups is 1. The van der Waals surface area contributed by atoms with Crippen LogP contribution in [0.4, 0.5) is 10.5 Å². The number of amides is 3. The molecular weight excluding hydrogens is 475 g/mol. The van der Waals surface area contributed by atoms with Crippen LogP contribution in [0.25, 0.3) is 6.08 Å². The summed E-state index contributed by atoms with van der Waals surface area (Å²) >= 11 is 16.1. The summed E-state index contributed by atoms with van der Waals surface area (Å²) in [6.45, 7) is -0.391. The first-order valence-corrected chi connectivity index (χ1v) is 9.96. The Bertz CT molecular complexity index is 981. The van der Waals surface area contributed by atoms with Gasteiger partial charge in [0.2, 0.25) is 5.91 Å². The molecular formula is C18H11BrCl2N2O3S. The lowest BCUT2D eigenvalue weighted by Crippen LogP contribution is -2.36. The Morgan fingerprint density at radius 3 is 2.59 bits per heavy atom. The number of carbonyl (C=O) groups excluding carboxylic acids is 3. The fraction of sp³-hybridized carbons (Fsp3) is 0.0556. The van der Waals surface area contributed by atoms with E-state index in [9.17, 15) is 14.4 Å². The molecule has 138 valence electrons. The maximum atomic E-state index is 12.5. The van der Waals surface area contributed by atoms with Crippen LogP contribution in [0.5, 0.6) is 0 Å². The van der Waals surface area contributed by atoms with Crippen LogP contribution in [-0.2, 0) is 9.59 Å². The lowest BCUT2D eigenvalue weighted by atomic mass is 10.2. The minimum Gasteiger partial charge on any atom is -0.324 e. The van der Waals surface area contributed by atoms with Gasteiger partial charge in [0.15, 0.2) is 0 Å². The van der Waals surface area contributed by atoms with Crippen molar-refractivity contribution in [1.82, 2.24) is 4.90 Å². The van der Waals surface area contributed by atoms with E-state index in [2.05, 4.69) is 21.2 Å². The largest absolute Gasteiger partial charge is 0.324 e. The topological polar surface area (TPSA) is 66.5 Å². The summed E-state index contributed by atoms with van der Waals surface area (Å²) in [4.78, 5) is 37.9. The van der Waals surface area contributed by atoms with E-state index in [1.165, 1.54) is 0 Å². The van der Waals surface area contributed by atoms with Gasteiger partial charge in [0.1, 0.15) is 6.54 Å². The third kappa shape index (κ3) is 4.73. The molecule has 9 heteroatoms. The van der Waals surface area contributed by atoms with Gasteiger partial charge < -0.3 is 5.32 Å². The number of halogens is 3. The predicted molar refractivity (Wildman–Crippen MR) is 112 cm³/mol. The Hall–Kier alpha value is -1.80. The Morgan fingerprint density at radius 2 is 1.89 bits per heavy atom. The molecule has 0 bridgehead atoms. The second-order valence-electron chi connectivity index (χ2n) is 5.47. The first kappa shape index (κ1) is 19.9. The molecule has 27 heavy (non-hydrogen) atoms. The molecule has 2 aromatic carbocycles. The standard InChI is InChI=1S/C18H11BrCl2N2O3S/c19-12-6-5-11(8-14(12)21)22-16(24)9-23-17(25)15(27-18(23)26)7-10-3-1-2-4-13(10)20/h1-8H,9H2,(H,22,24)/b15-7+. The highest BCUT2D eigenvalue weighted by Gasteiger charge is 2.36. The Morgan fingerprint density at radius 1 is 1.15 bits per heavy atom. The molecule has 1 N–H and O–H groups in total. The van der Waals surface area contributed by atoms with Crippen LogP contribution < -0.4 is 5.32 Å². The summed E-state index contributed by atoms with van der Waals surface area (Å²) < 4.78 is 0.692. The van der Waals surface area contributed by atoms with Crippen molar-refractivity contribution in [1.29, 1.82) is 0 Å². The van der Waals surface area contributed by atoms with Gasteiger partial charge in [-0.25, -0.2) is 0 Å². The predicted octanol–water partition coefficient (Wildman–Crippen LogP) is 5.43. The number of nitrogens with zero attached hydrogens (tertiary/aromatic N) is 1. The zero-order chi connectivity index (χ0) is 19.6. The second-order valence-corrected chi connectivity index (χ2v) is 8.13. The SMILES string of the molecule is O=C(CN1C(=O)S/C(=C/c2ccccc2Cl)C1=O)Nc1ccc(Br)c(Cl)c1. The fourth-order valence-corrected chi connectivity index (χ4v) is 3.73. The molecule has 1 heterocycles. The monoisotopic (exact) mass is 484 g/mol. The van der Waals surface area contributed by atoms with Gasteiger partial charge in [0.05, 0.1) is 9.93 Å². The maximum absolute atomic E-state index is 12.5. The molecule has 3 rings (SSSR count). The second kappa shape index (κ2) is 8.48. The number of benzene rings is 2. The molecule has 2 aromatic rings. The van der Waals surface area contributed by atoms with Gasteiger partial charge in [-0.2, -0.15) is 0 Å². The van der Waals surface area contributed by atoms with Crippen molar-refractivity contribution in [3.63, 3.8) is 0 Å². The number of hydrogen-bond donors (Lipinski definition) is 1. The van der Waals surface area contributed by atoms with Gasteiger partial charge in [-0.1, -0.05) is 41.4 Å². The van der Waals surface area contributed by atoms with Crippen molar-refractivity contribution in [2.45, 2.75) is 0 Å². The summed E-state index contributed by atoms with van der Waals surface area (Å²) in [6, 6.07) is 11.9. The molecule has 5 nitrogen and oxygen atoms in total.